The van der Waals surface area contributed by atoms with E-state index in [0.29, 0.717) is 11.8 Å². The van der Waals surface area contributed by atoms with Gasteiger partial charge >= 0.3 is 5.97 Å². The van der Waals surface area contributed by atoms with Gasteiger partial charge in [0, 0.05) is 19.1 Å². The molecule has 134 valence electrons. The minimum Gasteiger partial charge on any atom is -0.467 e. The molecule has 0 spiro atoms. The summed E-state index contributed by atoms with van der Waals surface area (Å²) in [4.78, 5) is 24.6. The van der Waals surface area contributed by atoms with Crippen molar-refractivity contribution in [2.24, 2.45) is 23.5 Å². The molecule has 0 radical (unpaired) electrons. The van der Waals surface area contributed by atoms with Gasteiger partial charge in [-0.05, 0) is 44.4 Å². The number of ether oxygens (including phenoxy) is 2. The molecular weight excluding hydrogens is 320 g/mol. The predicted molar refractivity (Wildman–Crippen MR) is 89.2 cm³/mol. The number of fused-ring (bicyclic) bond motifs is 2. The number of hydrogen-bond donors (Lipinski definition) is 2. The summed E-state index contributed by atoms with van der Waals surface area (Å²) in [6.07, 6.45) is 5.05. The molecule has 3 atom stereocenters. The lowest BCUT2D eigenvalue weighted by molar-refractivity contribution is -0.153. The Bertz CT molecular complexity index is 420. The van der Waals surface area contributed by atoms with Crippen LogP contribution in [-0.4, -0.2) is 44.3 Å². The summed E-state index contributed by atoms with van der Waals surface area (Å²) in [7, 11) is 2.81. The van der Waals surface area contributed by atoms with Gasteiger partial charge in [-0.15, -0.1) is 12.4 Å². The molecule has 0 aliphatic heterocycles. The quantitative estimate of drug-likeness (QED) is 0.730. The number of esters is 1. The molecule has 0 aromatic carbocycles. The average molecular weight is 349 g/mol. The average Bonchev–Trinajstić information content (AvgIpc) is 2.46. The molecule has 0 saturated heterocycles. The van der Waals surface area contributed by atoms with Crippen LogP contribution in [0.15, 0.2) is 0 Å². The maximum atomic E-state index is 12.6. The summed E-state index contributed by atoms with van der Waals surface area (Å²) in [6, 6.07) is 0.226. The third-order valence-corrected chi connectivity index (χ3v) is 5.25. The number of halogens is 1. The fourth-order valence-corrected chi connectivity index (χ4v) is 4.04. The van der Waals surface area contributed by atoms with E-state index in [1.54, 1.807) is 6.92 Å². The van der Waals surface area contributed by atoms with E-state index < -0.39 is 11.5 Å². The molecule has 2 rings (SSSR count). The van der Waals surface area contributed by atoms with Crippen molar-refractivity contribution in [1.82, 2.24) is 5.32 Å². The normalized spacial score (nSPS) is 32.2. The highest BCUT2D eigenvalue weighted by Gasteiger charge is 2.43. The smallest absolute Gasteiger partial charge is 0.333 e. The zero-order chi connectivity index (χ0) is 16.3. The Morgan fingerprint density at radius 2 is 1.78 bits per heavy atom. The van der Waals surface area contributed by atoms with Crippen molar-refractivity contribution >= 4 is 24.3 Å². The van der Waals surface area contributed by atoms with Gasteiger partial charge in [-0.25, -0.2) is 4.79 Å². The summed E-state index contributed by atoms with van der Waals surface area (Å²) in [6.45, 7) is 1.72. The molecule has 3 N–H and O–H groups in total. The van der Waals surface area contributed by atoms with Crippen LogP contribution in [-0.2, 0) is 19.1 Å². The maximum Gasteiger partial charge on any atom is 0.333 e. The number of nitrogens with two attached hydrogens (primary N) is 1. The Hall–Kier alpha value is -0.850. The van der Waals surface area contributed by atoms with E-state index in [4.69, 9.17) is 15.2 Å². The summed E-state index contributed by atoms with van der Waals surface area (Å²) in [5.74, 6) is 0.199. The highest BCUT2D eigenvalue weighted by molar-refractivity contribution is 5.89. The summed E-state index contributed by atoms with van der Waals surface area (Å²) < 4.78 is 9.87. The Kier molecular flexibility index (Phi) is 7.29. The fraction of sp³-hybridized carbons (Fsp3) is 0.875. The van der Waals surface area contributed by atoms with Gasteiger partial charge in [-0.3, -0.25) is 4.79 Å². The number of amides is 1. The van der Waals surface area contributed by atoms with Gasteiger partial charge in [0.1, 0.15) is 0 Å². The van der Waals surface area contributed by atoms with Crippen LogP contribution in [0, 0.1) is 17.8 Å². The molecule has 2 saturated carbocycles. The van der Waals surface area contributed by atoms with Crippen molar-refractivity contribution < 1.29 is 19.1 Å². The van der Waals surface area contributed by atoms with E-state index in [1.165, 1.54) is 20.6 Å². The molecule has 2 aliphatic carbocycles. The monoisotopic (exact) mass is 348 g/mol. The van der Waals surface area contributed by atoms with Crippen LogP contribution < -0.4 is 11.1 Å². The first-order valence-corrected chi connectivity index (χ1v) is 8.06. The largest absolute Gasteiger partial charge is 0.467 e. The first-order valence-electron chi connectivity index (χ1n) is 8.06. The van der Waals surface area contributed by atoms with E-state index in [0.717, 1.165) is 25.7 Å². The van der Waals surface area contributed by atoms with Gasteiger partial charge in [0.25, 0.3) is 0 Å². The van der Waals surface area contributed by atoms with E-state index in [9.17, 15) is 9.59 Å². The van der Waals surface area contributed by atoms with Crippen molar-refractivity contribution in [3.05, 3.63) is 0 Å². The third kappa shape index (κ3) is 4.37. The minimum atomic E-state index is -1.14. The third-order valence-electron chi connectivity index (χ3n) is 5.25. The SMILES string of the molecule is COCC(C)(NC(=O)C1CC2CCCC(C1)C2N)C(=O)OC.Cl. The van der Waals surface area contributed by atoms with Gasteiger partial charge in [0.15, 0.2) is 5.54 Å². The zero-order valence-electron chi connectivity index (χ0n) is 14.2. The van der Waals surface area contributed by atoms with E-state index in [2.05, 4.69) is 5.32 Å². The number of nitrogens with one attached hydrogen (secondary N) is 1. The maximum absolute atomic E-state index is 12.6. The summed E-state index contributed by atoms with van der Waals surface area (Å²) in [5, 5.41) is 2.84. The Balaban J connectivity index is 0.00000264. The van der Waals surface area contributed by atoms with E-state index >= 15 is 0 Å². The number of carbonyl (C=O) groups excluding carboxylic acids is 2. The second-order valence-electron chi connectivity index (χ2n) is 6.94. The van der Waals surface area contributed by atoms with Crippen LogP contribution in [0.25, 0.3) is 0 Å². The number of rotatable bonds is 5. The molecule has 2 fully saturated rings. The van der Waals surface area contributed by atoms with Crippen LogP contribution >= 0.6 is 12.4 Å². The van der Waals surface area contributed by atoms with Crippen LogP contribution in [0.4, 0.5) is 0 Å². The Morgan fingerprint density at radius 1 is 1.22 bits per heavy atom. The van der Waals surface area contributed by atoms with Gasteiger partial charge in [0.2, 0.25) is 5.91 Å². The van der Waals surface area contributed by atoms with Gasteiger partial charge in [0.05, 0.1) is 13.7 Å². The van der Waals surface area contributed by atoms with E-state index in [1.807, 2.05) is 0 Å². The molecule has 0 aromatic heterocycles. The lowest BCUT2D eigenvalue weighted by atomic mass is 9.65. The minimum absolute atomic E-state index is 0. The van der Waals surface area contributed by atoms with E-state index in [-0.39, 0.29) is 36.9 Å². The summed E-state index contributed by atoms with van der Waals surface area (Å²) >= 11 is 0. The molecule has 7 heteroatoms. The standard InChI is InChI=1S/C16H28N2O4.ClH/c1-16(9-21-2,15(20)22-3)18-14(19)12-7-10-5-4-6-11(8-12)13(10)17;/h10-13H,4-9,17H2,1-3H3,(H,18,19);1H. The number of hydrogen-bond acceptors (Lipinski definition) is 5. The molecule has 6 nitrogen and oxygen atoms in total. The fourth-order valence-electron chi connectivity index (χ4n) is 4.04. The molecule has 1 amide bonds. The Morgan fingerprint density at radius 3 is 2.26 bits per heavy atom. The van der Waals surface area contributed by atoms with Crippen molar-refractivity contribution in [3.8, 4) is 0 Å². The van der Waals surface area contributed by atoms with Gasteiger partial charge in [-0.1, -0.05) is 6.42 Å². The number of methoxy groups -OCH3 is 2. The lowest BCUT2D eigenvalue weighted by Gasteiger charge is -2.44. The molecule has 2 aliphatic rings. The van der Waals surface area contributed by atoms with Crippen molar-refractivity contribution in [2.45, 2.75) is 50.6 Å². The molecule has 0 heterocycles. The molecule has 2 bridgehead atoms. The van der Waals surface area contributed by atoms with Crippen LogP contribution in [0.3, 0.4) is 0 Å². The zero-order valence-corrected chi connectivity index (χ0v) is 15.0. The van der Waals surface area contributed by atoms with Crippen LogP contribution in [0.1, 0.15) is 39.0 Å². The van der Waals surface area contributed by atoms with Crippen LogP contribution in [0.5, 0.6) is 0 Å². The first kappa shape index (κ1) is 20.2. The van der Waals surface area contributed by atoms with Crippen molar-refractivity contribution in [1.29, 1.82) is 0 Å². The highest BCUT2D eigenvalue weighted by atomic mass is 35.5. The van der Waals surface area contributed by atoms with Crippen molar-refractivity contribution in [2.75, 3.05) is 20.8 Å². The van der Waals surface area contributed by atoms with Gasteiger partial charge in [-0.2, -0.15) is 0 Å². The molecule has 0 aromatic rings. The lowest BCUT2D eigenvalue weighted by Crippen LogP contribution is -2.58. The molecular formula is C16H29ClN2O4. The topological polar surface area (TPSA) is 90.6 Å². The molecule has 3 unspecified atom stereocenters. The predicted octanol–water partition coefficient (Wildman–Crippen LogP) is 1.26. The van der Waals surface area contributed by atoms with Gasteiger partial charge < -0.3 is 20.5 Å². The molecule has 23 heavy (non-hydrogen) atoms. The second kappa shape index (κ2) is 8.31. The van der Waals surface area contributed by atoms with Crippen molar-refractivity contribution in [3.63, 3.8) is 0 Å². The van der Waals surface area contributed by atoms with Crippen LogP contribution in [0.2, 0.25) is 0 Å². The Labute approximate surface area is 144 Å². The summed E-state index contributed by atoms with van der Waals surface area (Å²) in [5.41, 5.74) is 5.12. The number of carbonyl (C=O) groups is 2. The second-order valence-corrected chi connectivity index (χ2v) is 6.94. The first-order chi connectivity index (χ1) is 10.4. The highest BCUT2D eigenvalue weighted by Crippen LogP contribution is 2.42.